The molecule has 0 aromatic heterocycles. The number of aryl methyl sites for hydroxylation is 1. The fourth-order valence-corrected chi connectivity index (χ4v) is 2.36. The van der Waals surface area contributed by atoms with E-state index in [0.29, 0.717) is 5.56 Å². The van der Waals surface area contributed by atoms with Crippen molar-refractivity contribution in [2.75, 3.05) is 18.1 Å². The highest BCUT2D eigenvalue weighted by atomic mass is 32.2. The number of benzene rings is 1. The van der Waals surface area contributed by atoms with E-state index in [1.54, 1.807) is 13.0 Å². The van der Waals surface area contributed by atoms with Gasteiger partial charge in [0.1, 0.15) is 5.82 Å². The van der Waals surface area contributed by atoms with Gasteiger partial charge in [0.05, 0.1) is 0 Å². The molecule has 1 aromatic carbocycles. The number of hydrogen-bond acceptors (Lipinski definition) is 2. The third-order valence-electron chi connectivity index (χ3n) is 2.54. The van der Waals surface area contributed by atoms with Gasteiger partial charge in [-0.05, 0) is 36.4 Å². The molecule has 0 saturated heterocycles. The van der Waals surface area contributed by atoms with E-state index < -0.39 is 0 Å². The maximum Gasteiger partial charge on any atom is 0.126 e. The summed E-state index contributed by atoms with van der Waals surface area (Å²) in [5.74, 6) is 1.98. The predicted molar refractivity (Wildman–Crippen MR) is 70.6 cm³/mol. The highest BCUT2D eigenvalue weighted by molar-refractivity contribution is 7.99. The molecule has 1 unspecified atom stereocenters. The Morgan fingerprint density at radius 2 is 2.12 bits per heavy atom. The molecule has 1 atom stereocenters. The first-order chi connectivity index (χ1) is 7.69. The minimum Gasteiger partial charge on any atom is -0.310 e. The molecule has 0 amide bonds. The molecule has 1 rings (SSSR count). The summed E-state index contributed by atoms with van der Waals surface area (Å²) in [5.41, 5.74) is 1.76. The molecule has 3 heteroatoms. The number of halogens is 1. The van der Waals surface area contributed by atoms with Crippen LogP contribution < -0.4 is 5.32 Å². The molecule has 16 heavy (non-hydrogen) atoms. The molecule has 0 heterocycles. The van der Waals surface area contributed by atoms with Crippen molar-refractivity contribution in [3.8, 4) is 0 Å². The fraction of sp³-hybridized carbons (Fsp3) is 0.538. The van der Waals surface area contributed by atoms with Crippen LogP contribution in [0.5, 0.6) is 0 Å². The summed E-state index contributed by atoms with van der Waals surface area (Å²) < 4.78 is 13.5. The van der Waals surface area contributed by atoms with E-state index in [1.165, 1.54) is 0 Å². The smallest absolute Gasteiger partial charge is 0.126 e. The maximum absolute atomic E-state index is 13.5. The Hall–Kier alpha value is -0.540. The van der Waals surface area contributed by atoms with E-state index >= 15 is 0 Å². The van der Waals surface area contributed by atoms with Gasteiger partial charge in [-0.25, -0.2) is 4.39 Å². The Balaban J connectivity index is 2.78. The Labute approximate surface area is 102 Å². The van der Waals surface area contributed by atoms with Crippen molar-refractivity contribution < 1.29 is 4.39 Å². The van der Waals surface area contributed by atoms with Crippen molar-refractivity contribution in [1.29, 1.82) is 0 Å². The monoisotopic (exact) mass is 241 g/mol. The average Bonchev–Trinajstić information content (AvgIpc) is 2.28. The zero-order valence-corrected chi connectivity index (χ0v) is 11.0. The van der Waals surface area contributed by atoms with E-state index in [4.69, 9.17) is 0 Å². The third-order valence-corrected chi connectivity index (χ3v) is 3.51. The first-order valence-electron chi connectivity index (χ1n) is 5.76. The molecule has 0 saturated carbocycles. The SMILES string of the molecule is CCNC(CSCC)c1ccc(C)c(F)c1. The molecule has 0 aliphatic carbocycles. The molecule has 1 nitrogen and oxygen atoms in total. The maximum atomic E-state index is 13.5. The van der Waals surface area contributed by atoms with E-state index in [2.05, 4.69) is 19.2 Å². The van der Waals surface area contributed by atoms with E-state index in [-0.39, 0.29) is 11.9 Å². The van der Waals surface area contributed by atoms with Gasteiger partial charge in [-0.15, -0.1) is 0 Å². The quantitative estimate of drug-likeness (QED) is 0.817. The second-order valence-corrected chi connectivity index (χ2v) is 5.10. The van der Waals surface area contributed by atoms with Crippen LogP contribution in [-0.4, -0.2) is 18.1 Å². The zero-order chi connectivity index (χ0) is 12.0. The summed E-state index contributed by atoms with van der Waals surface area (Å²) in [5, 5.41) is 3.39. The summed E-state index contributed by atoms with van der Waals surface area (Å²) >= 11 is 1.88. The normalized spacial score (nSPS) is 12.8. The minimum atomic E-state index is -0.109. The van der Waals surface area contributed by atoms with Crippen molar-refractivity contribution in [2.24, 2.45) is 0 Å². The van der Waals surface area contributed by atoms with Gasteiger partial charge in [0.15, 0.2) is 0 Å². The molecular formula is C13H20FNS. The van der Waals surface area contributed by atoms with Gasteiger partial charge >= 0.3 is 0 Å². The van der Waals surface area contributed by atoms with Gasteiger partial charge in [-0.3, -0.25) is 0 Å². The van der Waals surface area contributed by atoms with Gasteiger partial charge in [0.2, 0.25) is 0 Å². The van der Waals surface area contributed by atoms with Gasteiger partial charge in [-0.1, -0.05) is 26.0 Å². The molecule has 0 spiro atoms. The summed E-state index contributed by atoms with van der Waals surface area (Å²) in [6, 6.07) is 5.77. The fourth-order valence-electron chi connectivity index (χ4n) is 1.58. The Kier molecular flexibility index (Phi) is 5.85. The lowest BCUT2D eigenvalue weighted by molar-refractivity contribution is 0.585. The first kappa shape index (κ1) is 13.5. The number of nitrogens with one attached hydrogen (secondary N) is 1. The van der Waals surface area contributed by atoms with Crippen molar-refractivity contribution in [3.63, 3.8) is 0 Å². The van der Waals surface area contributed by atoms with Crippen LogP contribution in [0.2, 0.25) is 0 Å². The van der Waals surface area contributed by atoms with Crippen molar-refractivity contribution >= 4 is 11.8 Å². The van der Waals surface area contributed by atoms with Crippen LogP contribution in [0, 0.1) is 12.7 Å². The predicted octanol–water partition coefficient (Wildman–Crippen LogP) is 3.54. The van der Waals surface area contributed by atoms with Crippen molar-refractivity contribution in [3.05, 3.63) is 35.1 Å². The van der Waals surface area contributed by atoms with Crippen LogP contribution in [-0.2, 0) is 0 Å². The second-order valence-electron chi connectivity index (χ2n) is 3.78. The molecule has 90 valence electrons. The van der Waals surface area contributed by atoms with Gasteiger partial charge in [-0.2, -0.15) is 11.8 Å². The number of thioether (sulfide) groups is 1. The summed E-state index contributed by atoms with van der Waals surface area (Å²) in [7, 11) is 0. The number of rotatable bonds is 6. The number of hydrogen-bond donors (Lipinski definition) is 1. The van der Waals surface area contributed by atoms with Crippen LogP contribution in [0.3, 0.4) is 0 Å². The van der Waals surface area contributed by atoms with Crippen LogP contribution in [0.4, 0.5) is 4.39 Å². The van der Waals surface area contributed by atoms with E-state index in [1.807, 2.05) is 23.9 Å². The van der Waals surface area contributed by atoms with Crippen molar-refractivity contribution in [1.82, 2.24) is 5.32 Å². The molecule has 0 fully saturated rings. The largest absolute Gasteiger partial charge is 0.310 e. The molecule has 1 N–H and O–H groups in total. The van der Waals surface area contributed by atoms with Crippen LogP contribution >= 0.6 is 11.8 Å². The van der Waals surface area contributed by atoms with Crippen molar-refractivity contribution in [2.45, 2.75) is 26.8 Å². The Bertz CT molecular complexity index is 328. The highest BCUT2D eigenvalue weighted by Gasteiger charge is 2.11. The Morgan fingerprint density at radius 1 is 1.38 bits per heavy atom. The second kappa shape index (κ2) is 6.92. The standard InChI is InChI=1S/C13H20FNS/c1-4-15-13(9-16-5-2)11-7-6-10(3)12(14)8-11/h6-8,13,15H,4-5,9H2,1-3H3. The molecule has 0 aliphatic heterocycles. The molecule has 1 aromatic rings. The average molecular weight is 241 g/mol. The van der Waals surface area contributed by atoms with Gasteiger partial charge in [0.25, 0.3) is 0 Å². The lowest BCUT2D eigenvalue weighted by Crippen LogP contribution is -2.23. The lowest BCUT2D eigenvalue weighted by Gasteiger charge is -2.18. The topological polar surface area (TPSA) is 12.0 Å². The third kappa shape index (κ3) is 3.80. The molecule has 0 radical (unpaired) electrons. The molecule has 0 bridgehead atoms. The first-order valence-corrected chi connectivity index (χ1v) is 6.91. The van der Waals surface area contributed by atoms with Crippen LogP contribution in [0.15, 0.2) is 18.2 Å². The van der Waals surface area contributed by atoms with Crippen LogP contribution in [0.25, 0.3) is 0 Å². The Morgan fingerprint density at radius 3 is 2.69 bits per heavy atom. The summed E-state index contributed by atoms with van der Waals surface area (Å²) in [6.07, 6.45) is 0. The summed E-state index contributed by atoms with van der Waals surface area (Å²) in [6.45, 7) is 6.92. The van der Waals surface area contributed by atoms with Crippen LogP contribution in [0.1, 0.15) is 31.0 Å². The van der Waals surface area contributed by atoms with Gasteiger partial charge < -0.3 is 5.32 Å². The van der Waals surface area contributed by atoms with E-state index in [9.17, 15) is 4.39 Å². The lowest BCUT2D eigenvalue weighted by atomic mass is 10.1. The minimum absolute atomic E-state index is 0.109. The van der Waals surface area contributed by atoms with Gasteiger partial charge in [0, 0.05) is 11.8 Å². The summed E-state index contributed by atoms with van der Waals surface area (Å²) in [4.78, 5) is 0. The molecule has 0 aliphatic rings. The zero-order valence-electron chi connectivity index (χ0n) is 10.2. The molecular weight excluding hydrogens is 221 g/mol. The van der Waals surface area contributed by atoms with E-state index in [0.717, 1.165) is 23.6 Å². The highest BCUT2D eigenvalue weighted by Crippen LogP contribution is 2.20.